The van der Waals surface area contributed by atoms with Gasteiger partial charge in [0.15, 0.2) is 0 Å². The number of ether oxygens (including phenoxy) is 1. The van der Waals surface area contributed by atoms with Crippen molar-refractivity contribution in [1.29, 1.82) is 0 Å². The number of rotatable bonds is 18. The molecule has 0 aliphatic carbocycles. The SMILES string of the molecule is CCCCCCCCCCCCCCCCCC(=O)OCC(O)C(Cl)(Cl)Cl. The number of unbranched alkanes of at least 4 members (excludes halogenated alkanes) is 14. The van der Waals surface area contributed by atoms with Crippen molar-refractivity contribution in [3.8, 4) is 0 Å². The van der Waals surface area contributed by atoms with Gasteiger partial charge >= 0.3 is 5.97 Å². The van der Waals surface area contributed by atoms with Crippen LogP contribution in [0.15, 0.2) is 0 Å². The van der Waals surface area contributed by atoms with Gasteiger partial charge in [0.1, 0.15) is 12.7 Å². The molecule has 1 unspecified atom stereocenters. The molecule has 0 rings (SSSR count). The van der Waals surface area contributed by atoms with Gasteiger partial charge in [0, 0.05) is 6.42 Å². The predicted molar refractivity (Wildman–Crippen MR) is 117 cm³/mol. The van der Waals surface area contributed by atoms with Crippen molar-refractivity contribution in [3.63, 3.8) is 0 Å². The first-order chi connectivity index (χ1) is 12.9. The van der Waals surface area contributed by atoms with Crippen LogP contribution >= 0.6 is 34.8 Å². The molecule has 162 valence electrons. The average Bonchev–Trinajstić information content (AvgIpc) is 2.62. The first kappa shape index (κ1) is 27.3. The van der Waals surface area contributed by atoms with Gasteiger partial charge < -0.3 is 9.84 Å². The maximum absolute atomic E-state index is 11.5. The van der Waals surface area contributed by atoms with Crippen LogP contribution in [0.5, 0.6) is 0 Å². The Labute approximate surface area is 181 Å². The predicted octanol–water partition coefficient (Wildman–Crippen LogP) is 7.52. The Morgan fingerprint density at radius 1 is 0.778 bits per heavy atom. The number of aliphatic hydroxyl groups excluding tert-OH is 1. The fourth-order valence-corrected chi connectivity index (χ4v) is 3.17. The summed E-state index contributed by atoms with van der Waals surface area (Å²) in [6, 6.07) is 0. The van der Waals surface area contributed by atoms with Gasteiger partial charge in [-0.3, -0.25) is 4.79 Å². The minimum Gasteiger partial charge on any atom is -0.463 e. The smallest absolute Gasteiger partial charge is 0.305 e. The number of hydrogen-bond donors (Lipinski definition) is 1. The summed E-state index contributed by atoms with van der Waals surface area (Å²) in [5, 5.41) is 9.47. The van der Waals surface area contributed by atoms with Gasteiger partial charge in [-0.25, -0.2) is 0 Å². The lowest BCUT2D eigenvalue weighted by Crippen LogP contribution is -2.31. The molecule has 1 N–H and O–H groups in total. The number of aliphatic hydroxyl groups is 1. The molecule has 0 fully saturated rings. The van der Waals surface area contributed by atoms with Gasteiger partial charge in [-0.1, -0.05) is 132 Å². The van der Waals surface area contributed by atoms with Gasteiger partial charge in [0.25, 0.3) is 0 Å². The molecule has 0 aromatic heterocycles. The lowest BCUT2D eigenvalue weighted by atomic mass is 10.0. The number of carbonyl (C=O) groups is 1. The molecule has 6 heteroatoms. The largest absolute Gasteiger partial charge is 0.463 e. The second-order valence-electron chi connectivity index (χ2n) is 7.44. The van der Waals surface area contributed by atoms with E-state index in [2.05, 4.69) is 6.92 Å². The zero-order chi connectivity index (χ0) is 20.4. The molecule has 0 radical (unpaired) electrons. The molecular formula is C21H39Cl3O3. The van der Waals surface area contributed by atoms with Crippen LogP contribution in [0.1, 0.15) is 110 Å². The summed E-state index contributed by atoms with van der Waals surface area (Å²) in [7, 11) is 0. The van der Waals surface area contributed by atoms with Crippen LogP contribution in [-0.4, -0.2) is 27.6 Å². The van der Waals surface area contributed by atoms with Crippen LogP contribution in [0.2, 0.25) is 0 Å². The summed E-state index contributed by atoms with van der Waals surface area (Å²) in [6.07, 6.45) is 18.4. The van der Waals surface area contributed by atoms with E-state index >= 15 is 0 Å². The number of carbonyl (C=O) groups excluding carboxylic acids is 1. The summed E-state index contributed by atoms with van der Waals surface area (Å²) < 4.78 is 3.08. The lowest BCUT2D eigenvalue weighted by Gasteiger charge is -2.18. The molecular weight excluding hydrogens is 407 g/mol. The molecule has 0 aliphatic heterocycles. The molecule has 1 atom stereocenters. The van der Waals surface area contributed by atoms with Crippen molar-refractivity contribution in [2.75, 3.05) is 6.61 Å². The second-order valence-corrected chi connectivity index (χ2v) is 9.81. The normalized spacial score (nSPS) is 12.9. The Morgan fingerprint density at radius 3 is 1.52 bits per heavy atom. The molecule has 0 aliphatic rings. The highest BCUT2D eigenvalue weighted by Crippen LogP contribution is 2.30. The Bertz CT molecular complexity index is 346. The van der Waals surface area contributed by atoms with Gasteiger partial charge in [-0.05, 0) is 6.42 Å². The van der Waals surface area contributed by atoms with Crippen LogP contribution in [0, 0.1) is 0 Å². The molecule has 0 aromatic rings. The zero-order valence-electron chi connectivity index (χ0n) is 17.0. The minimum atomic E-state index is -1.82. The molecule has 0 aromatic carbocycles. The highest BCUT2D eigenvalue weighted by molar-refractivity contribution is 6.68. The third-order valence-corrected chi connectivity index (χ3v) is 5.52. The first-order valence-electron chi connectivity index (χ1n) is 10.8. The molecule has 0 spiro atoms. The van der Waals surface area contributed by atoms with Gasteiger partial charge in [0.2, 0.25) is 3.79 Å². The third kappa shape index (κ3) is 19.4. The molecule has 3 nitrogen and oxygen atoms in total. The van der Waals surface area contributed by atoms with E-state index in [9.17, 15) is 9.90 Å². The van der Waals surface area contributed by atoms with E-state index in [0.29, 0.717) is 6.42 Å². The fourth-order valence-electron chi connectivity index (χ4n) is 2.98. The zero-order valence-corrected chi connectivity index (χ0v) is 19.3. The minimum absolute atomic E-state index is 0.284. The van der Waals surface area contributed by atoms with Crippen molar-refractivity contribution in [2.24, 2.45) is 0 Å². The van der Waals surface area contributed by atoms with E-state index in [-0.39, 0.29) is 12.6 Å². The Balaban J connectivity index is 3.25. The third-order valence-electron chi connectivity index (χ3n) is 4.76. The molecule has 0 saturated heterocycles. The quantitative estimate of drug-likeness (QED) is 0.135. The Kier molecular flexibility index (Phi) is 18.5. The van der Waals surface area contributed by atoms with Crippen LogP contribution in [0.25, 0.3) is 0 Å². The number of hydrogen-bond acceptors (Lipinski definition) is 3. The number of halogens is 3. The highest BCUT2D eigenvalue weighted by Gasteiger charge is 2.31. The maximum Gasteiger partial charge on any atom is 0.305 e. The summed E-state index contributed by atoms with van der Waals surface area (Å²) >= 11 is 16.5. The highest BCUT2D eigenvalue weighted by atomic mass is 35.6. The molecule has 0 amide bonds. The van der Waals surface area contributed by atoms with Gasteiger partial charge in [-0.15, -0.1) is 0 Å². The van der Waals surface area contributed by atoms with E-state index in [1.54, 1.807) is 0 Å². The molecule has 0 bridgehead atoms. The molecule has 27 heavy (non-hydrogen) atoms. The van der Waals surface area contributed by atoms with Crippen LogP contribution in [0.3, 0.4) is 0 Å². The number of esters is 1. The summed E-state index contributed by atoms with van der Waals surface area (Å²) in [6.45, 7) is 1.98. The van der Waals surface area contributed by atoms with Crippen molar-refractivity contribution in [3.05, 3.63) is 0 Å². The Morgan fingerprint density at radius 2 is 1.15 bits per heavy atom. The van der Waals surface area contributed by atoms with Gasteiger partial charge in [-0.2, -0.15) is 0 Å². The van der Waals surface area contributed by atoms with Crippen LogP contribution < -0.4 is 0 Å². The van der Waals surface area contributed by atoms with Crippen LogP contribution in [0.4, 0.5) is 0 Å². The summed E-state index contributed by atoms with van der Waals surface area (Å²) in [4.78, 5) is 11.5. The van der Waals surface area contributed by atoms with Crippen LogP contribution in [-0.2, 0) is 9.53 Å². The Hall–Kier alpha value is 0.300. The van der Waals surface area contributed by atoms with E-state index in [1.807, 2.05) is 0 Å². The molecule has 0 heterocycles. The summed E-state index contributed by atoms with van der Waals surface area (Å²) in [5.41, 5.74) is 0. The number of alkyl halides is 3. The van der Waals surface area contributed by atoms with E-state index in [1.165, 1.54) is 77.0 Å². The van der Waals surface area contributed by atoms with E-state index < -0.39 is 9.90 Å². The van der Waals surface area contributed by atoms with Crippen molar-refractivity contribution >= 4 is 40.8 Å². The summed E-state index contributed by atoms with van der Waals surface area (Å²) in [5.74, 6) is -0.349. The fraction of sp³-hybridized carbons (Fsp3) is 0.952. The second kappa shape index (κ2) is 18.3. The topological polar surface area (TPSA) is 46.5 Å². The van der Waals surface area contributed by atoms with Crippen molar-refractivity contribution in [2.45, 2.75) is 120 Å². The van der Waals surface area contributed by atoms with E-state index in [0.717, 1.165) is 19.3 Å². The molecule has 0 saturated carbocycles. The van der Waals surface area contributed by atoms with E-state index in [4.69, 9.17) is 39.5 Å². The lowest BCUT2D eigenvalue weighted by molar-refractivity contribution is -0.146. The first-order valence-corrected chi connectivity index (χ1v) is 11.9. The van der Waals surface area contributed by atoms with Gasteiger partial charge in [0.05, 0.1) is 0 Å². The van der Waals surface area contributed by atoms with Crippen molar-refractivity contribution < 1.29 is 14.6 Å². The van der Waals surface area contributed by atoms with Crippen molar-refractivity contribution in [1.82, 2.24) is 0 Å². The maximum atomic E-state index is 11.5. The standard InChI is InChI=1S/C21H39Cl3O3/c1-2-3-4-5-6-7-8-9-10-11-12-13-14-15-16-17-20(26)27-18-19(25)21(22,23)24/h19,25H,2-18H2,1H3. The monoisotopic (exact) mass is 444 g/mol. The average molecular weight is 446 g/mol.